The quantitative estimate of drug-likeness (QED) is 0.678. The Balaban J connectivity index is 2.29. The highest BCUT2D eigenvalue weighted by atomic mass is 16.3. The Bertz CT molecular complexity index is 316. The minimum absolute atomic E-state index is 0.298. The minimum atomic E-state index is -0.298. The van der Waals surface area contributed by atoms with Crippen LogP contribution in [-0.4, -0.2) is 5.11 Å². The number of aliphatic hydroxyl groups is 1. The highest BCUT2D eigenvalue weighted by Crippen LogP contribution is 2.31. The second kappa shape index (κ2) is 7.58. The van der Waals surface area contributed by atoms with Crippen molar-refractivity contribution >= 4 is 0 Å². The predicted octanol–water partition coefficient (Wildman–Crippen LogP) is 5.11. The van der Waals surface area contributed by atoms with Gasteiger partial charge in [0, 0.05) is 0 Å². The van der Waals surface area contributed by atoms with E-state index in [0.29, 0.717) is 5.41 Å². The molecule has 0 heterocycles. The van der Waals surface area contributed by atoms with Gasteiger partial charge in [-0.25, -0.2) is 0 Å². The van der Waals surface area contributed by atoms with Crippen LogP contribution in [0.3, 0.4) is 0 Å². The van der Waals surface area contributed by atoms with Gasteiger partial charge in [0.05, 0.1) is 6.10 Å². The van der Waals surface area contributed by atoms with Crippen molar-refractivity contribution in [2.75, 3.05) is 0 Å². The molecule has 0 saturated heterocycles. The maximum Gasteiger partial charge on any atom is 0.0790 e. The first-order valence-electron chi connectivity index (χ1n) is 7.28. The van der Waals surface area contributed by atoms with E-state index in [0.717, 1.165) is 18.4 Å². The van der Waals surface area contributed by atoms with Gasteiger partial charge in [-0.05, 0) is 30.2 Å². The SMILES string of the molecule is CCCCC(C)(C)CCCC(O)c1ccccc1. The molecule has 0 aliphatic heterocycles. The Morgan fingerprint density at radius 2 is 1.67 bits per heavy atom. The van der Waals surface area contributed by atoms with Crippen molar-refractivity contribution in [1.29, 1.82) is 0 Å². The van der Waals surface area contributed by atoms with Crippen LogP contribution in [0.4, 0.5) is 0 Å². The highest BCUT2D eigenvalue weighted by Gasteiger charge is 2.17. The van der Waals surface area contributed by atoms with Gasteiger partial charge in [0.1, 0.15) is 0 Å². The Kier molecular flexibility index (Phi) is 6.42. The average molecular weight is 248 g/mol. The van der Waals surface area contributed by atoms with Crippen LogP contribution in [0.15, 0.2) is 30.3 Å². The summed E-state index contributed by atoms with van der Waals surface area (Å²) in [5.74, 6) is 0. The molecule has 0 spiro atoms. The summed E-state index contributed by atoms with van der Waals surface area (Å²) in [6, 6.07) is 9.98. The highest BCUT2D eigenvalue weighted by molar-refractivity contribution is 5.16. The lowest BCUT2D eigenvalue weighted by molar-refractivity contribution is 0.155. The summed E-state index contributed by atoms with van der Waals surface area (Å²) in [5.41, 5.74) is 1.47. The van der Waals surface area contributed by atoms with E-state index in [1.807, 2.05) is 30.3 Å². The van der Waals surface area contributed by atoms with Crippen molar-refractivity contribution < 1.29 is 5.11 Å². The second-order valence-electron chi connectivity index (χ2n) is 6.09. The van der Waals surface area contributed by atoms with Gasteiger partial charge >= 0.3 is 0 Å². The number of benzene rings is 1. The van der Waals surface area contributed by atoms with Crippen LogP contribution in [0.5, 0.6) is 0 Å². The number of hydrogen-bond acceptors (Lipinski definition) is 1. The summed E-state index contributed by atoms with van der Waals surface area (Å²) < 4.78 is 0. The molecule has 0 amide bonds. The van der Waals surface area contributed by atoms with Crippen molar-refractivity contribution in [2.24, 2.45) is 5.41 Å². The normalized spacial score (nSPS) is 13.6. The number of hydrogen-bond donors (Lipinski definition) is 1. The summed E-state index contributed by atoms with van der Waals surface area (Å²) in [4.78, 5) is 0. The molecule has 1 heteroatoms. The van der Waals surface area contributed by atoms with Crippen molar-refractivity contribution in [3.63, 3.8) is 0 Å². The molecule has 0 aliphatic carbocycles. The predicted molar refractivity (Wildman–Crippen MR) is 78.6 cm³/mol. The molecular formula is C17H28O. The van der Waals surface area contributed by atoms with Crippen LogP contribution in [0.1, 0.15) is 71.0 Å². The third-order valence-corrected chi connectivity index (χ3v) is 3.72. The number of rotatable bonds is 8. The maximum atomic E-state index is 10.1. The van der Waals surface area contributed by atoms with E-state index >= 15 is 0 Å². The zero-order valence-electron chi connectivity index (χ0n) is 12.2. The van der Waals surface area contributed by atoms with Crippen LogP contribution in [0, 0.1) is 5.41 Å². The molecule has 0 fully saturated rings. The van der Waals surface area contributed by atoms with Gasteiger partial charge in [-0.2, -0.15) is 0 Å². The van der Waals surface area contributed by atoms with Crippen molar-refractivity contribution in [3.05, 3.63) is 35.9 Å². The van der Waals surface area contributed by atoms with Gasteiger partial charge in [-0.1, -0.05) is 70.4 Å². The lowest BCUT2D eigenvalue weighted by atomic mass is 9.82. The standard InChI is InChI=1S/C17H28O/c1-4-5-13-17(2,3)14-9-12-16(18)15-10-7-6-8-11-15/h6-8,10-11,16,18H,4-5,9,12-14H2,1-3H3. The number of unbranched alkanes of at least 4 members (excludes halogenated alkanes) is 1. The third-order valence-electron chi connectivity index (χ3n) is 3.72. The largest absolute Gasteiger partial charge is 0.388 e. The fourth-order valence-electron chi connectivity index (χ4n) is 2.40. The fourth-order valence-corrected chi connectivity index (χ4v) is 2.40. The van der Waals surface area contributed by atoms with E-state index in [9.17, 15) is 5.11 Å². The minimum Gasteiger partial charge on any atom is -0.388 e. The Morgan fingerprint density at radius 1 is 1.06 bits per heavy atom. The van der Waals surface area contributed by atoms with Crippen LogP contribution in [0.2, 0.25) is 0 Å². The van der Waals surface area contributed by atoms with Gasteiger partial charge in [0.25, 0.3) is 0 Å². The molecule has 0 saturated carbocycles. The Labute approximate surface area is 112 Å². The Morgan fingerprint density at radius 3 is 2.28 bits per heavy atom. The van der Waals surface area contributed by atoms with Gasteiger partial charge in [0.15, 0.2) is 0 Å². The molecule has 1 unspecified atom stereocenters. The molecule has 0 aliphatic rings. The summed E-state index contributed by atoms with van der Waals surface area (Å²) in [6.45, 7) is 6.93. The molecule has 18 heavy (non-hydrogen) atoms. The van der Waals surface area contributed by atoms with E-state index in [1.165, 1.54) is 25.7 Å². The molecule has 0 radical (unpaired) electrons. The zero-order valence-corrected chi connectivity index (χ0v) is 12.2. The molecule has 1 nitrogen and oxygen atoms in total. The summed E-state index contributed by atoms with van der Waals surface area (Å²) in [6.07, 6.45) is 6.77. The van der Waals surface area contributed by atoms with Gasteiger partial charge < -0.3 is 5.11 Å². The van der Waals surface area contributed by atoms with Gasteiger partial charge in [-0.15, -0.1) is 0 Å². The first kappa shape index (κ1) is 15.2. The molecule has 1 aromatic carbocycles. The fraction of sp³-hybridized carbons (Fsp3) is 0.647. The van der Waals surface area contributed by atoms with E-state index in [1.54, 1.807) is 0 Å². The third kappa shape index (κ3) is 5.68. The van der Waals surface area contributed by atoms with E-state index in [-0.39, 0.29) is 6.10 Å². The molecule has 0 bridgehead atoms. The van der Waals surface area contributed by atoms with Crippen LogP contribution < -0.4 is 0 Å². The molecule has 1 N–H and O–H groups in total. The zero-order chi connectivity index (χ0) is 13.4. The van der Waals surface area contributed by atoms with Crippen molar-refractivity contribution in [1.82, 2.24) is 0 Å². The van der Waals surface area contributed by atoms with E-state index < -0.39 is 0 Å². The van der Waals surface area contributed by atoms with Crippen LogP contribution in [-0.2, 0) is 0 Å². The van der Waals surface area contributed by atoms with Crippen molar-refractivity contribution in [2.45, 2.75) is 65.4 Å². The van der Waals surface area contributed by atoms with Gasteiger partial charge in [0.2, 0.25) is 0 Å². The Hall–Kier alpha value is -0.820. The summed E-state index contributed by atoms with van der Waals surface area (Å²) >= 11 is 0. The monoisotopic (exact) mass is 248 g/mol. The summed E-state index contributed by atoms with van der Waals surface area (Å²) in [7, 11) is 0. The molecule has 102 valence electrons. The molecule has 1 aromatic rings. The van der Waals surface area contributed by atoms with E-state index in [2.05, 4.69) is 20.8 Å². The average Bonchev–Trinajstić information content (AvgIpc) is 2.37. The molecular weight excluding hydrogens is 220 g/mol. The first-order valence-corrected chi connectivity index (χ1v) is 7.28. The molecule has 1 atom stereocenters. The van der Waals surface area contributed by atoms with E-state index in [4.69, 9.17) is 0 Å². The number of aliphatic hydroxyl groups excluding tert-OH is 1. The second-order valence-corrected chi connectivity index (χ2v) is 6.09. The van der Waals surface area contributed by atoms with Gasteiger partial charge in [-0.3, -0.25) is 0 Å². The van der Waals surface area contributed by atoms with Crippen LogP contribution >= 0.6 is 0 Å². The van der Waals surface area contributed by atoms with Crippen molar-refractivity contribution in [3.8, 4) is 0 Å². The van der Waals surface area contributed by atoms with Crippen LogP contribution in [0.25, 0.3) is 0 Å². The summed E-state index contributed by atoms with van der Waals surface area (Å²) in [5, 5.41) is 10.1. The lowest BCUT2D eigenvalue weighted by Gasteiger charge is -2.25. The molecule has 1 rings (SSSR count). The smallest absolute Gasteiger partial charge is 0.0790 e. The lowest BCUT2D eigenvalue weighted by Crippen LogP contribution is -2.11. The molecule has 0 aromatic heterocycles. The maximum absolute atomic E-state index is 10.1. The topological polar surface area (TPSA) is 20.2 Å². The first-order chi connectivity index (χ1) is 8.55.